The number of fused-ring (bicyclic) bond motifs is 2. The molecule has 2 aliphatic rings. The molecule has 0 radical (unpaired) electrons. The van der Waals surface area contributed by atoms with Crippen molar-refractivity contribution in [2.24, 2.45) is 0 Å². The summed E-state index contributed by atoms with van der Waals surface area (Å²) in [5, 5.41) is 30.8. The number of hydrogen-bond acceptors (Lipinski definition) is 12. The average molecular weight is 927 g/mol. The van der Waals surface area contributed by atoms with Gasteiger partial charge in [0.2, 0.25) is 11.9 Å². The standard InChI is InChI=1S/2C22H16F3N5O3.CH4/c2*1-12-17(19(31)33-2)18(14-8-6-13(11-26)7-9-14)30-20(27-28-21(30)32)29(12)16-5-3-4-15(10-16)22(23,24)25;/h2*3-10,18H,1-2H3,(H,28,32);1H4/t18-;;/m1../s1. The van der Waals surface area contributed by atoms with Crippen molar-refractivity contribution in [3.63, 3.8) is 0 Å². The molecule has 4 heterocycles. The van der Waals surface area contributed by atoms with Crippen LogP contribution in [0.5, 0.6) is 0 Å². The average Bonchev–Trinajstić information content (AvgIpc) is 3.88. The molecule has 2 aliphatic heterocycles. The van der Waals surface area contributed by atoms with E-state index < -0.39 is 58.9 Å². The number of anilines is 4. The molecule has 344 valence electrons. The predicted octanol–water partition coefficient (Wildman–Crippen LogP) is 7.94. The highest BCUT2D eigenvalue weighted by atomic mass is 19.4. The zero-order chi connectivity index (χ0) is 47.8. The summed E-state index contributed by atoms with van der Waals surface area (Å²) >= 11 is 0. The van der Waals surface area contributed by atoms with E-state index in [1.807, 2.05) is 12.1 Å². The maximum atomic E-state index is 13.3. The van der Waals surface area contributed by atoms with Crippen molar-refractivity contribution in [1.82, 2.24) is 29.5 Å². The van der Waals surface area contributed by atoms with Gasteiger partial charge in [-0.25, -0.2) is 38.5 Å². The monoisotopic (exact) mass is 926 g/mol. The van der Waals surface area contributed by atoms with Gasteiger partial charge < -0.3 is 9.47 Å². The normalized spacial score (nSPS) is 15.5. The number of ether oxygens (including phenoxy) is 2. The van der Waals surface area contributed by atoms with Gasteiger partial charge in [-0.1, -0.05) is 43.8 Å². The van der Waals surface area contributed by atoms with Gasteiger partial charge in [-0.05, 0) is 85.6 Å². The minimum absolute atomic E-state index is 0. The number of methoxy groups -OCH3 is 2. The summed E-state index contributed by atoms with van der Waals surface area (Å²) in [5.41, 5.74) is -0.753. The number of allylic oxidation sites excluding steroid dienone is 2. The second-order valence-electron chi connectivity index (χ2n) is 14.4. The van der Waals surface area contributed by atoms with Crippen molar-refractivity contribution in [2.75, 3.05) is 24.0 Å². The van der Waals surface area contributed by atoms with Gasteiger partial charge in [0.15, 0.2) is 0 Å². The van der Waals surface area contributed by atoms with Gasteiger partial charge in [0, 0.05) is 22.8 Å². The summed E-state index contributed by atoms with van der Waals surface area (Å²) in [6, 6.07) is 23.4. The van der Waals surface area contributed by atoms with Crippen molar-refractivity contribution in [3.05, 3.63) is 174 Å². The van der Waals surface area contributed by atoms with Gasteiger partial charge in [-0.3, -0.25) is 9.80 Å². The van der Waals surface area contributed by atoms with Gasteiger partial charge in [0.1, 0.15) is 12.1 Å². The number of nitriles is 2. The highest BCUT2D eigenvalue weighted by Gasteiger charge is 2.42. The van der Waals surface area contributed by atoms with Crippen LogP contribution in [0.4, 0.5) is 49.6 Å². The molecule has 0 saturated carbocycles. The molecule has 16 nitrogen and oxygen atoms in total. The second-order valence-corrected chi connectivity index (χ2v) is 14.4. The first kappa shape index (κ1) is 47.8. The lowest BCUT2D eigenvalue weighted by atomic mass is 9.94. The van der Waals surface area contributed by atoms with Crippen LogP contribution in [0.15, 0.2) is 129 Å². The summed E-state index contributed by atoms with van der Waals surface area (Å²) in [6.45, 7) is 3.07. The minimum Gasteiger partial charge on any atom is -0.466 e. The zero-order valence-electron chi connectivity index (χ0n) is 34.7. The molecule has 0 fully saturated rings. The molecule has 22 heteroatoms. The van der Waals surface area contributed by atoms with Crippen LogP contribution < -0.4 is 21.2 Å². The van der Waals surface area contributed by atoms with Crippen LogP contribution in [0.3, 0.4) is 0 Å². The number of aromatic nitrogens is 6. The number of alkyl halides is 6. The molecule has 8 rings (SSSR count). The molecule has 6 aromatic rings. The smallest absolute Gasteiger partial charge is 0.416 e. The number of halogens is 6. The van der Waals surface area contributed by atoms with Crippen LogP contribution in [-0.2, 0) is 31.4 Å². The van der Waals surface area contributed by atoms with E-state index in [1.165, 1.54) is 95.5 Å². The Bertz CT molecular complexity index is 2940. The molecular weight excluding hydrogens is 891 g/mol. The van der Waals surface area contributed by atoms with E-state index in [0.29, 0.717) is 22.3 Å². The molecular formula is C45H36F6N10O6. The Kier molecular flexibility index (Phi) is 13.2. The van der Waals surface area contributed by atoms with Gasteiger partial charge >= 0.3 is 35.7 Å². The molecule has 0 saturated heterocycles. The fourth-order valence-corrected chi connectivity index (χ4v) is 7.68. The van der Waals surface area contributed by atoms with Crippen LogP contribution in [0.1, 0.15) is 66.7 Å². The summed E-state index contributed by atoms with van der Waals surface area (Å²) in [6.07, 6.45) is -9.18. The second kappa shape index (κ2) is 18.4. The summed E-state index contributed by atoms with van der Waals surface area (Å²) < 4.78 is 92.2. The summed E-state index contributed by atoms with van der Waals surface area (Å²) in [7, 11) is 2.33. The first-order chi connectivity index (χ1) is 31.3. The number of carbonyl (C=O) groups excluding carboxylic acids is 2. The molecule has 0 spiro atoms. The topological polar surface area (TPSA) is 208 Å². The molecule has 0 amide bonds. The van der Waals surface area contributed by atoms with E-state index in [4.69, 9.17) is 20.0 Å². The predicted molar refractivity (Wildman–Crippen MR) is 228 cm³/mol. The molecule has 2 aromatic heterocycles. The van der Waals surface area contributed by atoms with Gasteiger partial charge in [-0.2, -0.15) is 36.9 Å². The number of nitrogens with one attached hydrogen (secondary N) is 2. The fourth-order valence-electron chi connectivity index (χ4n) is 7.68. The number of benzene rings is 4. The third kappa shape index (κ3) is 8.79. The SMILES string of the molecule is C.COC(=O)C1=C(C)N(c2cccc(C(F)(F)F)c2)c2n[nH]c(=O)n2C1c1ccc(C#N)cc1.COC(=O)C1=C(C)N(c2cccc(C(F)(F)F)c2)c2n[nH]c(=O)n2[C@@H]1c1ccc(C#N)cc1. The molecule has 0 bridgehead atoms. The first-order valence-corrected chi connectivity index (χ1v) is 19.2. The van der Waals surface area contributed by atoms with Crippen LogP contribution in [0, 0.1) is 22.7 Å². The molecule has 0 aliphatic carbocycles. The van der Waals surface area contributed by atoms with Crippen molar-refractivity contribution < 1.29 is 45.4 Å². The molecule has 67 heavy (non-hydrogen) atoms. The lowest BCUT2D eigenvalue weighted by Crippen LogP contribution is -2.37. The lowest BCUT2D eigenvalue weighted by molar-refractivity contribution is -0.138. The Labute approximate surface area is 375 Å². The number of hydrogen-bond donors (Lipinski definition) is 2. The maximum absolute atomic E-state index is 13.3. The van der Waals surface area contributed by atoms with Crippen molar-refractivity contribution in [3.8, 4) is 12.1 Å². The quantitative estimate of drug-likeness (QED) is 0.121. The Hall–Kier alpha value is -8.66. The van der Waals surface area contributed by atoms with Crippen LogP contribution >= 0.6 is 0 Å². The van der Waals surface area contributed by atoms with Gasteiger partial charge in [0.05, 0.1) is 59.8 Å². The molecule has 1 unspecified atom stereocenters. The number of rotatable bonds is 6. The molecule has 2 N–H and O–H groups in total. The van der Waals surface area contributed by atoms with Crippen LogP contribution in [0.2, 0.25) is 0 Å². The molecule has 4 aromatic carbocycles. The van der Waals surface area contributed by atoms with Crippen molar-refractivity contribution >= 4 is 35.2 Å². The lowest BCUT2D eigenvalue weighted by Gasteiger charge is -2.35. The van der Waals surface area contributed by atoms with E-state index in [0.717, 1.165) is 24.3 Å². The van der Waals surface area contributed by atoms with Gasteiger partial charge in [0.25, 0.3) is 0 Å². The number of nitrogens with zero attached hydrogens (tertiary/aromatic N) is 8. The van der Waals surface area contributed by atoms with Crippen molar-refractivity contribution in [1.29, 1.82) is 10.5 Å². The fraction of sp³-hybridized carbons (Fsp3) is 0.200. The number of H-pyrrole nitrogens is 2. The number of esters is 2. The Morgan fingerprint density at radius 2 is 0.955 bits per heavy atom. The summed E-state index contributed by atoms with van der Waals surface area (Å²) in [4.78, 5) is 53.8. The van der Waals surface area contributed by atoms with E-state index in [1.54, 1.807) is 24.3 Å². The Balaban J connectivity index is 0.000000218. The maximum Gasteiger partial charge on any atom is 0.416 e. The highest BCUT2D eigenvalue weighted by molar-refractivity contribution is 5.94. The van der Waals surface area contributed by atoms with E-state index in [-0.39, 0.29) is 53.2 Å². The summed E-state index contributed by atoms with van der Waals surface area (Å²) in [5.74, 6) is -1.53. The van der Waals surface area contributed by atoms with Gasteiger partial charge in [-0.15, -0.1) is 10.2 Å². The molecule has 2 atom stereocenters. The first-order valence-electron chi connectivity index (χ1n) is 19.2. The van der Waals surface area contributed by atoms with E-state index in [9.17, 15) is 45.5 Å². The largest absolute Gasteiger partial charge is 0.466 e. The number of carbonyl (C=O) groups is 2. The van der Waals surface area contributed by atoms with Crippen LogP contribution in [-0.4, -0.2) is 55.7 Å². The third-order valence-corrected chi connectivity index (χ3v) is 10.7. The van der Waals surface area contributed by atoms with E-state index in [2.05, 4.69) is 20.4 Å². The minimum atomic E-state index is -4.59. The Morgan fingerprint density at radius 3 is 1.25 bits per heavy atom. The third-order valence-electron chi connectivity index (χ3n) is 10.7. The van der Waals surface area contributed by atoms with Crippen LogP contribution in [0.25, 0.3) is 0 Å². The number of aromatic amines is 2. The highest BCUT2D eigenvalue weighted by Crippen LogP contribution is 2.44. The van der Waals surface area contributed by atoms with E-state index >= 15 is 0 Å². The van der Waals surface area contributed by atoms with Crippen molar-refractivity contribution in [2.45, 2.75) is 45.7 Å². The zero-order valence-corrected chi connectivity index (χ0v) is 34.7. The Morgan fingerprint density at radius 1 is 0.612 bits per heavy atom.